The molecule has 1 aromatic rings. The Labute approximate surface area is 113 Å². The molecule has 0 saturated heterocycles. The molecule has 5 heteroatoms. The summed E-state index contributed by atoms with van der Waals surface area (Å²) < 4.78 is 10.8. The Hall–Kier alpha value is -1.75. The number of hydrogen-bond donors (Lipinski definition) is 1. The molecule has 0 heterocycles. The number of carboxylic acids is 1. The SMILES string of the molecule is COc1ccccc1OCCN(C)CCCC(=O)O. The van der Waals surface area contributed by atoms with Gasteiger partial charge >= 0.3 is 5.97 Å². The van der Waals surface area contributed by atoms with Crippen LogP contribution in [0.5, 0.6) is 11.5 Å². The van der Waals surface area contributed by atoms with E-state index in [1.54, 1.807) is 7.11 Å². The second kappa shape index (κ2) is 8.37. The Morgan fingerprint density at radius 2 is 1.95 bits per heavy atom. The number of carbonyl (C=O) groups is 1. The molecule has 0 aliphatic rings. The molecule has 0 aromatic heterocycles. The van der Waals surface area contributed by atoms with E-state index in [1.165, 1.54) is 0 Å². The minimum Gasteiger partial charge on any atom is -0.493 e. The molecular formula is C14H21NO4. The lowest BCUT2D eigenvalue weighted by Crippen LogP contribution is -2.25. The molecule has 0 unspecified atom stereocenters. The number of aliphatic carboxylic acids is 1. The third kappa shape index (κ3) is 6.10. The first kappa shape index (κ1) is 15.3. The van der Waals surface area contributed by atoms with E-state index in [0.29, 0.717) is 13.0 Å². The quantitative estimate of drug-likeness (QED) is 0.740. The van der Waals surface area contributed by atoms with Crippen molar-refractivity contribution in [3.8, 4) is 11.5 Å². The van der Waals surface area contributed by atoms with E-state index in [-0.39, 0.29) is 6.42 Å². The highest BCUT2D eigenvalue weighted by molar-refractivity contribution is 5.66. The molecule has 1 aromatic carbocycles. The molecule has 0 atom stereocenters. The smallest absolute Gasteiger partial charge is 0.303 e. The van der Waals surface area contributed by atoms with E-state index in [1.807, 2.05) is 31.3 Å². The van der Waals surface area contributed by atoms with Gasteiger partial charge in [0.25, 0.3) is 0 Å². The molecule has 0 fully saturated rings. The molecule has 0 amide bonds. The number of carboxylic acid groups (broad SMARTS) is 1. The second-order valence-electron chi connectivity index (χ2n) is 4.30. The van der Waals surface area contributed by atoms with Gasteiger partial charge in [0.15, 0.2) is 11.5 Å². The molecule has 19 heavy (non-hydrogen) atoms. The van der Waals surface area contributed by atoms with Gasteiger partial charge in [0.1, 0.15) is 6.61 Å². The fourth-order valence-electron chi connectivity index (χ4n) is 1.66. The summed E-state index contributed by atoms with van der Waals surface area (Å²) in [5.74, 6) is 0.693. The zero-order chi connectivity index (χ0) is 14.1. The van der Waals surface area contributed by atoms with Crippen LogP contribution >= 0.6 is 0 Å². The monoisotopic (exact) mass is 267 g/mol. The molecular weight excluding hydrogens is 246 g/mol. The van der Waals surface area contributed by atoms with Crippen molar-refractivity contribution in [1.29, 1.82) is 0 Å². The average molecular weight is 267 g/mol. The van der Waals surface area contributed by atoms with Crippen molar-refractivity contribution >= 4 is 5.97 Å². The van der Waals surface area contributed by atoms with Crippen LogP contribution in [0, 0.1) is 0 Å². The second-order valence-corrected chi connectivity index (χ2v) is 4.30. The Balaban J connectivity index is 2.24. The lowest BCUT2D eigenvalue weighted by atomic mass is 10.3. The number of benzene rings is 1. The first-order valence-electron chi connectivity index (χ1n) is 6.29. The van der Waals surface area contributed by atoms with Crippen LogP contribution in [0.1, 0.15) is 12.8 Å². The molecule has 0 spiro atoms. The van der Waals surface area contributed by atoms with Gasteiger partial charge in [-0.25, -0.2) is 0 Å². The predicted octanol–water partition coefficient (Wildman–Crippen LogP) is 1.87. The first-order chi connectivity index (χ1) is 9.13. The van der Waals surface area contributed by atoms with Crippen LogP contribution in [0.4, 0.5) is 0 Å². The van der Waals surface area contributed by atoms with Crippen LogP contribution in [0.15, 0.2) is 24.3 Å². The van der Waals surface area contributed by atoms with Crippen LogP contribution in [0.25, 0.3) is 0 Å². The number of rotatable bonds is 9. The zero-order valence-corrected chi connectivity index (χ0v) is 11.5. The zero-order valence-electron chi connectivity index (χ0n) is 11.5. The summed E-state index contributed by atoms with van der Waals surface area (Å²) in [6.07, 6.45) is 0.859. The molecule has 1 N–H and O–H groups in total. The van der Waals surface area contributed by atoms with Gasteiger partial charge in [-0.3, -0.25) is 4.79 Å². The fraction of sp³-hybridized carbons (Fsp3) is 0.500. The van der Waals surface area contributed by atoms with Gasteiger partial charge in [-0.2, -0.15) is 0 Å². The lowest BCUT2D eigenvalue weighted by Gasteiger charge is -2.17. The Kier molecular flexibility index (Phi) is 6.74. The minimum atomic E-state index is -0.751. The van der Waals surface area contributed by atoms with E-state index >= 15 is 0 Å². The number of para-hydroxylation sites is 2. The van der Waals surface area contributed by atoms with Crippen molar-refractivity contribution in [3.63, 3.8) is 0 Å². The number of ether oxygens (including phenoxy) is 2. The highest BCUT2D eigenvalue weighted by Gasteiger charge is 2.04. The number of hydrogen-bond acceptors (Lipinski definition) is 4. The molecule has 1 rings (SSSR count). The fourth-order valence-corrected chi connectivity index (χ4v) is 1.66. The van der Waals surface area contributed by atoms with Crippen LogP contribution in [-0.2, 0) is 4.79 Å². The van der Waals surface area contributed by atoms with Gasteiger partial charge in [0, 0.05) is 13.0 Å². The molecule has 0 aliphatic carbocycles. The summed E-state index contributed by atoms with van der Waals surface area (Å²) in [5.41, 5.74) is 0. The maximum absolute atomic E-state index is 10.4. The molecule has 0 bridgehead atoms. The van der Waals surface area contributed by atoms with Crippen molar-refractivity contribution < 1.29 is 19.4 Å². The van der Waals surface area contributed by atoms with E-state index in [0.717, 1.165) is 24.6 Å². The van der Waals surface area contributed by atoms with E-state index in [9.17, 15) is 4.79 Å². The normalized spacial score (nSPS) is 10.5. The van der Waals surface area contributed by atoms with Gasteiger partial charge in [0.2, 0.25) is 0 Å². The number of likely N-dealkylation sites (N-methyl/N-ethyl adjacent to an activating group) is 1. The van der Waals surface area contributed by atoms with E-state index < -0.39 is 5.97 Å². The van der Waals surface area contributed by atoms with Crippen LogP contribution < -0.4 is 9.47 Å². The Bertz CT molecular complexity index is 395. The molecule has 5 nitrogen and oxygen atoms in total. The molecule has 0 radical (unpaired) electrons. The average Bonchev–Trinajstić information content (AvgIpc) is 2.39. The third-order valence-electron chi connectivity index (χ3n) is 2.73. The molecule has 0 aliphatic heterocycles. The lowest BCUT2D eigenvalue weighted by molar-refractivity contribution is -0.137. The van der Waals surface area contributed by atoms with Crippen molar-refractivity contribution in [2.45, 2.75) is 12.8 Å². The van der Waals surface area contributed by atoms with Gasteiger partial charge in [0.05, 0.1) is 7.11 Å². The Morgan fingerprint density at radius 1 is 1.26 bits per heavy atom. The third-order valence-corrected chi connectivity index (χ3v) is 2.73. The van der Waals surface area contributed by atoms with E-state index in [2.05, 4.69) is 4.90 Å². The van der Waals surface area contributed by atoms with Crippen LogP contribution in [0.3, 0.4) is 0 Å². The van der Waals surface area contributed by atoms with Crippen molar-refractivity contribution in [3.05, 3.63) is 24.3 Å². The number of nitrogens with zero attached hydrogens (tertiary/aromatic N) is 1. The summed E-state index contributed by atoms with van der Waals surface area (Å²) in [6.45, 7) is 2.04. The van der Waals surface area contributed by atoms with Gasteiger partial charge in [-0.05, 0) is 32.1 Å². The summed E-state index contributed by atoms with van der Waals surface area (Å²) in [5, 5.41) is 8.55. The Morgan fingerprint density at radius 3 is 2.58 bits per heavy atom. The van der Waals surface area contributed by atoms with Crippen LogP contribution in [-0.4, -0.2) is 49.8 Å². The maximum atomic E-state index is 10.4. The topological polar surface area (TPSA) is 59.0 Å². The predicted molar refractivity (Wildman–Crippen MR) is 72.9 cm³/mol. The summed E-state index contributed by atoms with van der Waals surface area (Å²) in [6, 6.07) is 7.51. The van der Waals surface area contributed by atoms with Gasteiger partial charge in [-0.15, -0.1) is 0 Å². The first-order valence-corrected chi connectivity index (χ1v) is 6.29. The minimum absolute atomic E-state index is 0.206. The van der Waals surface area contributed by atoms with Crippen molar-refractivity contribution in [2.75, 3.05) is 33.9 Å². The van der Waals surface area contributed by atoms with Gasteiger partial charge < -0.3 is 19.5 Å². The summed E-state index contributed by atoms with van der Waals surface area (Å²) >= 11 is 0. The maximum Gasteiger partial charge on any atom is 0.303 e. The molecule has 106 valence electrons. The summed E-state index contributed by atoms with van der Waals surface area (Å²) in [4.78, 5) is 12.4. The standard InChI is InChI=1S/C14H21NO4/c1-15(9-5-8-14(16)17)10-11-19-13-7-4-3-6-12(13)18-2/h3-4,6-7H,5,8-11H2,1-2H3,(H,16,17). The highest BCUT2D eigenvalue weighted by Crippen LogP contribution is 2.25. The van der Waals surface area contributed by atoms with Crippen LogP contribution in [0.2, 0.25) is 0 Å². The number of methoxy groups -OCH3 is 1. The van der Waals surface area contributed by atoms with E-state index in [4.69, 9.17) is 14.6 Å². The molecule has 0 saturated carbocycles. The van der Waals surface area contributed by atoms with Crippen molar-refractivity contribution in [1.82, 2.24) is 4.90 Å². The highest BCUT2D eigenvalue weighted by atomic mass is 16.5. The largest absolute Gasteiger partial charge is 0.493 e. The van der Waals surface area contributed by atoms with Crippen molar-refractivity contribution in [2.24, 2.45) is 0 Å². The summed E-state index contributed by atoms with van der Waals surface area (Å²) in [7, 11) is 3.56. The van der Waals surface area contributed by atoms with Gasteiger partial charge in [-0.1, -0.05) is 12.1 Å².